The summed E-state index contributed by atoms with van der Waals surface area (Å²) >= 11 is 0. The Bertz CT molecular complexity index is 1710. The van der Waals surface area contributed by atoms with Gasteiger partial charge in [0.15, 0.2) is 0 Å². The van der Waals surface area contributed by atoms with Crippen molar-refractivity contribution in [3.05, 3.63) is 78.5 Å². The summed E-state index contributed by atoms with van der Waals surface area (Å²) in [6, 6.07) is 14.0. The number of nitrogens with two attached hydrogens (primary N) is 1. The van der Waals surface area contributed by atoms with Crippen molar-refractivity contribution in [1.82, 2.24) is 29.9 Å². The lowest BCUT2D eigenvalue weighted by Gasteiger charge is -2.27. The number of nitrogen functional groups attached to an aromatic ring is 1. The van der Waals surface area contributed by atoms with E-state index >= 15 is 0 Å². The minimum absolute atomic E-state index is 0.323. The molecule has 2 saturated heterocycles. The lowest BCUT2D eigenvalue weighted by molar-refractivity contribution is 0.122. The van der Waals surface area contributed by atoms with E-state index in [1.807, 2.05) is 37.3 Å². The largest absolute Gasteiger partial charge is 0.378 e. The van der Waals surface area contributed by atoms with Crippen molar-refractivity contribution in [2.75, 3.05) is 73.5 Å². The summed E-state index contributed by atoms with van der Waals surface area (Å²) in [5.74, 6) is 2.18. The molecule has 0 saturated carbocycles. The number of aromatic nitrogens is 6. The zero-order valence-electron chi connectivity index (χ0n) is 24.4. The van der Waals surface area contributed by atoms with Crippen LogP contribution >= 0.6 is 0 Å². The molecule has 2 fully saturated rings. The topological polar surface area (TPSA) is 140 Å². The quantitative estimate of drug-likeness (QED) is 0.303. The first kappa shape index (κ1) is 29.1. The van der Waals surface area contributed by atoms with E-state index in [1.54, 1.807) is 24.7 Å². The van der Waals surface area contributed by atoms with Gasteiger partial charge in [-0.25, -0.2) is 19.3 Å². The first-order chi connectivity index (χ1) is 21.5. The van der Waals surface area contributed by atoms with Crippen molar-refractivity contribution in [3.63, 3.8) is 0 Å². The molecule has 0 unspecified atom stereocenters. The van der Waals surface area contributed by atoms with E-state index in [1.165, 1.54) is 12.1 Å². The maximum atomic E-state index is 14.0. The number of ether oxygens (including phenoxy) is 2. The molecule has 3 N–H and O–H groups in total. The number of benzene rings is 1. The summed E-state index contributed by atoms with van der Waals surface area (Å²) in [5.41, 5.74) is 9.10. The molecule has 226 valence electrons. The van der Waals surface area contributed by atoms with E-state index in [0.717, 1.165) is 73.4 Å². The number of fused-ring (bicyclic) bond motifs is 1. The van der Waals surface area contributed by atoms with Gasteiger partial charge in [-0.1, -0.05) is 6.07 Å². The van der Waals surface area contributed by atoms with Gasteiger partial charge < -0.3 is 30.3 Å². The van der Waals surface area contributed by atoms with Crippen LogP contribution in [0.5, 0.6) is 0 Å². The molecule has 7 rings (SSSR count). The highest BCUT2D eigenvalue weighted by Gasteiger charge is 2.18. The Balaban J connectivity index is 0.000000220. The first-order valence-corrected chi connectivity index (χ1v) is 14.4. The van der Waals surface area contributed by atoms with Crippen LogP contribution in [-0.2, 0) is 9.47 Å². The van der Waals surface area contributed by atoms with Gasteiger partial charge in [0.1, 0.15) is 17.5 Å². The fraction of sp³-hybridized carbons (Fsp3) is 0.290. The summed E-state index contributed by atoms with van der Waals surface area (Å²) in [4.78, 5) is 30.5. The normalized spacial score (nSPS) is 15.0. The lowest BCUT2D eigenvalue weighted by atomic mass is 10.0. The van der Waals surface area contributed by atoms with Crippen LogP contribution in [0.15, 0.2) is 67.1 Å². The molecule has 0 atom stereocenters. The molecule has 44 heavy (non-hydrogen) atoms. The smallest absolute Gasteiger partial charge is 0.229 e. The zero-order valence-corrected chi connectivity index (χ0v) is 24.4. The van der Waals surface area contributed by atoms with Gasteiger partial charge in [-0.15, -0.1) is 0 Å². The van der Waals surface area contributed by atoms with Crippen LogP contribution in [0.3, 0.4) is 0 Å². The number of hydrogen-bond acceptors (Lipinski definition) is 12. The Morgan fingerprint density at radius 2 is 1.45 bits per heavy atom. The molecule has 6 heterocycles. The third-order valence-corrected chi connectivity index (χ3v) is 7.31. The summed E-state index contributed by atoms with van der Waals surface area (Å²) in [6.07, 6.45) is 5.12. The molecule has 0 bridgehead atoms. The number of nitrogens with one attached hydrogen (secondary N) is 1. The lowest BCUT2D eigenvalue weighted by Crippen LogP contribution is -2.36. The van der Waals surface area contributed by atoms with Crippen molar-refractivity contribution in [1.29, 1.82) is 0 Å². The highest BCUT2D eigenvalue weighted by atomic mass is 19.1. The van der Waals surface area contributed by atoms with Crippen molar-refractivity contribution in [3.8, 4) is 11.4 Å². The summed E-state index contributed by atoms with van der Waals surface area (Å²) < 4.78 is 24.6. The van der Waals surface area contributed by atoms with Gasteiger partial charge in [0, 0.05) is 61.8 Å². The summed E-state index contributed by atoms with van der Waals surface area (Å²) in [6.45, 7) is 8.15. The first-order valence-electron chi connectivity index (χ1n) is 14.4. The van der Waals surface area contributed by atoms with Gasteiger partial charge in [0.25, 0.3) is 0 Å². The van der Waals surface area contributed by atoms with Crippen LogP contribution in [0.25, 0.3) is 22.3 Å². The average Bonchev–Trinajstić information content (AvgIpc) is 3.07. The van der Waals surface area contributed by atoms with Crippen molar-refractivity contribution < 1.29 is 13.9 Å². The van der Waals surface area contributed by atoms with Crippen LogP contribution in [0.4, 0.5) is 33.6 Å². The number of nitrogens with zero attached hydrogens (tertiary/aromatic N) is 8. The van der Waals surface area contributed by atoms with Crippen LogP contribution in [0, 0.1) is 12.7 Å². The van der Waals surface area contributed by atoms with Crippen molar-refractivity contribution >= 4 is 40.1 Å². The molecule has 5 aromatic rings. The number of anilines is 5. The van der Waals surface area contributed by atoms with Gasteiger partial charge in [-0.3, -0.25) is 4.98 Å². The highest BCUT2D eigenvalue weighted by Crippen LogP contribution is 2.34. The Morgan fingerprint density at radius 1 is 0.773 bits per heavy atom. The molecule has 0 amide bonds. The zero-order chi connectivity index (χ0) is 30.3. The van der Waals surface area contributed by atoms with Gasteiger partial charge >= 0.3 is 0 Å². The molecule has 12 nitrogen and oxygen atoms in total. The number of morpholine rings is 2. The molecule has 4 aromatic heterocycles. The molecule has 0 spiro atoms. The molecule has 2 aliphatic rings. The molecule has 0 radical (unpaired) electrons. The van der Waals surface area contributed by atoms with Gasteiger partial charge in [-0.2, -0.15) is 9.97 Å². The molecular formula is C31H33FN10O2. The Hall–Kier alpha value is -5.01. The third kappa shape index (κ3) is 6.79. The van der Waals surface area contributed by atoms with Crippen molar-refractivity contribution in [2.24, 2.45) is 0 Å². The number of pyridine rings is 2. The fourth-order valence-electron chi connectivity index (χ4n) is 5.07. The molecular weight excluding hydrogens is 563 g/mol. The summed E-state index contributed by atoms with van der Waals surface area (Å²) in [5, 5.41) is 4.14. The molecule has 1 aromatic carbocycles. The Labute approximate surface area is 254 Å². The highest BCUT2D eigenvalue weighted by molar-refractivity contribution is 5.97. The van der Waals surface area contributed by atoms with Gasteiger partial charge in [-0.05, 0) is 43.3 Å². The average molecular weight is 597 g/mol. The van der Waals surface area contributed by atoms with E-state index in [4.69, 9.17) is 25.2 Å². The van der Waals surface area contributed by atoms with Gasteiger partial charge in [0.2, 0.25) is 11.9 Å². The Kier molecular flexibility index (Phi) is 8.94. The van der Waals surface area contributed by atoms with Crippen LogP contribution in [-0.4, -0.2) is 82.5 Å². The van der Waals surface area contributed by atoms with Crippen LogP contribution < -0.4 is 20.9 Å². The second-order valence-electron chi connectivity index (χ2n) is 10.2. The number of rotatable bonds is 5. The van der Waals surface area contributed by atoms with Crippen molar-refractivity contribution in [2.45, 2.75) is 6.92 Å². The van der Waals surface area contributed by atoms with E-state index in [9.17, 15) is 4.39 Å². The van der Waals surface area contributed by atoms with E-state index in [0.29, 0.717) is 36.3 Å². The van der Waals surface area contributed by atoms with E-state index in [2.05, 4.69) is 35.1 Å². The van der Waals surface area contributed by atoms with Crippen LogP contribution in [0.2, 0.25) is 0 Å². The monoisotopic (exact) mass is 596 g/mol. The predicted molar refractivity (Wildman–Crippen MR) is 167 cm³/mol. The third-order valence-electron chi connectivity index (χ3n) is 7.31. The fourth-order valence-corrected chi connectivity index (χ4v) is 5.07. The second kappa shape index (κ2) is 13.5. The SMILES string of the molecule is Cc1c(-c2ccccn2)nc2cc(F)ccc2c1Nc1nccc(N2CCOCC2)n1.Nc1nccc(N2CCOCC2)n1. The molecule has 13 heteroatoms. The maximum Gasteiger partial charge on any atom is 0.229 e. The minimum atomic E-state index is -0.340. The van der Waals surface area contributed by atoms with Crippen LogP contribution in [0.1, 0.15) is 5.56 Å². The predicted octanol–water partition coefficient (Wildman–Crippen LogP) is 4.01. The molecule has 2 aliphatic heterocycles. The molecule has 0 aliphatic carbocycles. The number of hydrogen-bond donors (Lipinski definition) is 2. The maximum absolute atomic E-state index is 14.0. The van der Waals surface area contributed by atoms with E-state index in [-0.39, 0.29) is 5.82 Å². The second-order valence-corrected chi connectivity index (χ2v) is 10.2. The number of halogens is 1. The minimum Gasteiger partial charge on any atom is -0.378 e. The summed E-state index contributed by atoms with van der Waals surface area (Å²) in [7, 11) is 0. The Morgan fingerprint density at radius 3 is 2.11 bits per heavy atom. The van der Waals surface area contributed by atoms with Gasteiger partial charge in [0.05, 0.1) is 49.0 Å². The standard InChI is InChI=1S/C23H21FN6O.C8H12N4O/c1-15-21(29-23-26-9-7-20(28-23)30-10-12-31-13-11-30)17-6-5-16(24)14-19(17)27-22(15)18-4-2-3-8-25-18;9-8-10-2-1-7(11-8)12-3-5-13-6-4-12/h2-9,14H,10-13H2,1H3,(H,26,27,28,29);1-2H,3-6H2,(H2,9,10,11). The van der Waals surface area contributed by atoms with E-state index < -0.39 is 0 Å².